The van der Waals surface area contributed by atoms with E-state index in [1.54, 1.807) is 48.5 Å². The summed E-state index contributed by atoms with van der Waals surface area (Å²) < 4.78 is 10.8. The topological polar surface area (TPSA) is 88.4 Å². The monoisotopic (exact) mass is 366 g/mol. The number of nitriles is 1. The van der Waals surface area contributed by atoms with Crippen molar-refractivity contribution in [3.8, 4) is 11.8 Å². The van der Waals surface area contributed by atoms with Crippen LogP contribution in [0.2, 0.25) is 0 Å². The molecule has 140 valence electrons. The number of nitrogens with zero attached hydrogens (tertiary/aromatic N) is 1. The third-order valence-electron chi connectivity index (χ3n) is 3.79. The number of amides is 1. The Kier molecular flexibility index (Phi) is 7.38. The van der Waals surface area contributed by atoms with Crippen LogP contribution in [0.25, 0.3) is 0 Å². The number of anilines is 1. The van der Waals surface area contributed by atoms with Gasteiger partial charge < -0.3 is 14.8 Å². The van der Waals surface area contributed by atoms with Crippen molar-refractivity contribution in [2.45, 2.75) is 32.8 Å². The predicted octanol–water partition coefficient (Wildman–Crippen LogP) is 3.92. The van der Waals surface area contributed by atoms with Crippen LogP contribution in [0.15, 0.2) is 48.5 Å². The van der Waals surface area contributed by atoms with Crippen molar-refractivity contribution in [1.82, 2.24) is 0 Å². The zero-order valence-electron chi connectivity index (χ0n) is 15.4. The van der Waals surface area contributed by atoms with Crippen molar-refractivity contribution in [3.05, 3.63) is 59.7 Å². The van der Waals surface area contributed by atoms with E-state index in [0.717, 1.165) is 12.8 Å². The molecule has 0 saturated carbocycles. The van der Waals surface area contributed by atoms with E-state index < -0.39 is 18.0 Å². The molecule has 27 heavy (non-hydrogen) atoms. The Morgan fingerprint density at radius 3 is 2.37 bits per heavy atom. The zero-order chi connectivity index (χ0) is 19.6. The van der Waals surface area contributed by atoms with Crippen LogP contribution in [0.3, 0.4) is 0 Å². The second kappa shape index (κ2) is 9.97. The SMILES string of the molecule is CCCCOc1ccc(C(=O)O[C@H](C)C(=O)Nc2ccc(C#N)cc2)cc1. The Morgan fingerprint density at radius 2 is 1.78 bits per heavy atom. The first-order chi connectivity index (χ1) is 13.0. The average Bonchev–Trinajstić information content (AvgIpc) is 2.69. The molecular weight excluding hydrogens is 344 g/mol. The van der Waals surface area contributed by atoms with Crippen LogP contribution < -0.4 is 10.1 Å². The number of unbranched alkanes of at least 4 members (excludes halogenated alkanes) is 1. The quantitative estimate of drug-likeness (QED) is 0.565. The van der Waals surface area contributed by atoms with E-state index in [4.69, 9.17) is 14.7 Å². The molecule has 0 radical (unpaired) electrons. The second-order valence-corrected chi connectivity index (χ2v) is 5.95. The van der Waals surface area contributed by atoms with Crippen molar-refractivity contribution < 1.29 is 19.1 Å². The Hall–Kier alpha value is -3.33. The Labute approximate surface area is 158 Å². The smallest absolute Gasteiger partial charge is 0.338 e. The lowest BCUT2D eigenvalue weighted by molar-refractivity contribution is -0.123. The minimum atomic E-state index is -0.964. The van der Waals surface area contributed by atoms with Crippen molar-refractivity contribution in [3.63, 3.8) is 0 Å². The van der Waals surface area contributed by atoms with Crippen molar-refractivity contribution in [1.29, 1.82) is 5.26 Å². The number of hydrogen-bond acceptors (Lipinski definition) is 5. The lowest BCUT2D eigenvalue weighted by Crippen LogP contribution is -2.30. The van der Waals surface area contributed by atoms with Gasteiger partial charge in [0.05, 0.1) is 23.8 Å². The highest BCUT2D eigenvalue weighted by atomic mass is 16.5. The first-order valence-corrected chi connectivity index (χ1v) is 8.78. The molecule has 2 rings (SSSR count). The molecule has 6 nitrogen and oxygen atoms in total. The van der Waals surface area contributed by atoms with E-state index in [2.05, 4.69) is 12.2 Å². The number of hydrogen-bond donors (Lipinski definition) is 1. The summed E-state index contributed by atoms with van der Waals surface area (Å²) in [5.41, 5.74) is 1.36. The van der Waals surface area contributed by atoms with Gasteiger partial charge in [0.25, 0.3) is 5.91 Å². The number of nitrogens with one attached hydrogen (secondary N) is 1. The molecule has 0 bridgehead atoms. The van der Waals surface area contributed by atoms with Crippen LogP contribution in [-0.2, 0) is 9.53 Å². The molecule has 2 aromatic carbocycles. The standard InChI is InChI=1S/C21H22N2O4/c1-3-4-13-26-19-11-7-17(8-12-19)21(25)27-15(2)20(24)23-18-9-5-16(14-22)6-10-18/h5-12,15H,3-4,13H2,1-2H3,(H,23,24)/t15-/m1/s1. The van der Waals surface area contributed by atoms with Crippen LogP contribution in [0.1, 0.15) is 42.6 Å². The number of ether oxygens (including phenoxy) is 2. The van der Waals surface area contributed by atoms with Gasteiger partial charge >= 0.3 is 5.97 Å². The fourth-order valence-corrected chi connectivity index (χ4v) is 2.18. The first kappa shape index (κ1) is 20.0. The number of carbonyl (C=O) groups is 2. The van der Waals surface area contributed by atoms with Gasteiger partial charge in [0.15, 0.2) is 6.10 Å². The summed E-state index contributed by atoms with van der Waals surface area (Å²) in [5.74, 6) is -0.350. The number of carbonyl (C=O) groups excluding carboxylic acids is 2. The van der Waals surface area contributed by atoms with E-state index in [9.17, 15) is 9.59 Å². The molecule has 0 saturated heterocycles. The van der Waals surface area contributed by atoms with Gasteiger partial charge in [-0.3, -0.25) is 4.79 Å². The van der Waals surface area contributed by atoms with Crippen molar-refractivity contribution in [2.24, 2.45) is 0 Å². The molecule has 0 unspecified atom stereocenters. The van der Waals surface area contributed by atoms with E-state index >= 15 is 0 Å². The van der Waals surface area contributed by atoms with E-state index in [1.807, 2.05) is 6.07 Å². The average molecular weight is 366 g/mol. The molecule has 0 heterocycles. The summed E-state index contributed by atoms with van der Waals surface area (Å²) in [6, 6.07) is 15.0. The van der Waals surface area contributed by atoms with Gasteiger partial charge in [-0.2, -0.15) is 5.26 Å². The lowest BCUT2D eigenvalue weighted by Gasteiger charge is -2.14. The maximum Gasteiger partial charge on any atom is 0.338 e. The third kappa shape index (κ3) is 6.15. The molecule has 0 spiro atoms. The molecular formula is C21H22N2O4. The minimum absolute atomic E-state index is 0.343. The van der Waals surface area contributed by atoms with Gasteiger partial charge in [-0.05, 0) is 61.9 Å². The maximum atomic E-state index is 12.2. The van der Waals surface area contributed by atoms with Crippen molar-refractivity contribution >= 4 is 17.6 Å². The first-order valence-electron chi connectivity index (χ1n) is 8.78. The van der Waals surface area contributed by atoms with Gasteiger partial charge in [-0.1, -0.05) is 13.3 Å². The molecule has 2 aromatic rings. The largest absolute Gasteiger partial charge is 0.494 e. The van der Waals surface area contributed by atoms with Gasteiger partial charge in [0.2, 0.25) is 0 Å². The maximum absolute atomic E-state index is 12.2. The minimum Gasteiger partial charge on any atom is -0.494 e. The van der Waals surface area contributed by atoms with Crippen LogP contribution in [0, 0.1) is 11.3 Å². The highest BCUT2D eigenvalue weighted by molar-refractivity contribution is 5.97. The van der Waals surface area contributed by atoms with Crippen LogP contribution >= 0.6 is 0 Å². The summed E-state index contributed by atoms with van der Waals surface area (Å²) in [4.78, 5) is 24.3. The Balaban J connectivity index is 1.88. The molecule has 6 heteroatoms. The molecule has 0 aliphatic rings. The summed E-state index contributed by atoms with van der Waals surface area (Å²) in [6.45, 7) is 4.22. The second-order valence-electron chi connectivity index (χ2n) is 5.95. The fourth-order valence-electron chi connectivity index (χ4n) is 2.18. The zero-order valence-corrected chi connectivity index (χ0v) is 15.4. The van der Waals surface area contributed by atoms with E-state index in [1.165, 1.54) is 6.92 Å². The molecule has 0 aliphatic heterocycles. The highest BCUT2D eigenvalue weighted by Crippen LogP contribution is 2.15. The molecule has 0 aliphatic carbocycles. The summed E-state index contributed by atoms with van der Waals surface area (Å²) >= 11 is 0. The molecule has 0 aromatic heterocycles. The van der Waals surface area contributed by atoms with E-state index in [0.29, 0.717) is 29.2 Å². The van der Waals surface area contributed by atoms with Crippen molar-refractivity contribution in [2.75, 3.05) is 11.9 Å². The molecule has 0 fully saturated rings. The fraction of sp³-hybridized carbons (Fsp3) is 0.286. The molecule has 1 atom stereocenters. The Bertz CT molecular complexity index is 808. The molecule has 1 N–H and O–H groups in total. The van der Waals surface area contributed by atoms with Crippen LogP contribution in [-0.4, -0.2) is 24.6 Å². The Morgan fingerprint density at radius 1 is 1.11 bits per heavy atom. The molecule has 1 amide bonds. The van der Waals surface area contributed by atoms with Crippen LogP contribution in [0.5, 0.6) is 5.75 Å². The summed E-state index contributed by atoms with van der Waals surface area (Å²) in [7, 11) is 0. The number of benzene rings is 2. The van der Waals surface area contributed by atoms with Gasteiger partial charge in [-0.15, -0.1) is 0 Å². The summed E-state index contributed by atoms with van der Waals surface area (Å²) in [5, 5.41) is 11.4. The number of esters is 1. The van der Waals surface area contributed by atoms with Gasteiger partial charge in [-0.25, -0.2) is 4.79 Å². The lowest BCUT2D eigenvalue weighted by atomic mass is 10.2. The summed E-state index contributed by atoms with van der Waals surface area (Å²) in [6.07, 6.45) is 1.05. The van der Waals surface area contributed by atoms with Gasteiger partial charge in [0.1, 0.15) is 5.75 Å². The van der Waals surface area contributed by atoms with Gasteiger partial charge in [0, 0.05) is 5.69 Å². The third-order valence-corrected chi connectivity index (χ3v) is 3.79. The van der Waals surface area contributed by atoms with Crippen LogP contribution in [0.4, 0.5) is 5.69 Å². The highest BCUT2D eigenvalue weighted by Gasteiger charge is 2.19. The number of rotatable bonds is 8. The van der Waals surface area contributed by atoms with E-state index in [-0.39, 0.29) is 0 Å². The predicted molar refractivity (Wildman–Crippen MR) is 102 cm³/mol. The normalized spacial score (nSPS) is 11.1.